The van der Waals surface area contributed by atoms with Gasteiger partial charge in [0.25, 0.3) is 0 Å². The molecule has 0 saturated carbocycles. The number of para-hydroxylation sites is 2. The molecule has 2 aromatic carbocycles. The predicted octanol–water partition coefficient (Wildman–Crippen LogP) is 4.27. The van der Waals surface area contributed by atoms with Gasteiger partial charge in [0.15, 0.2) is 0 Å². The molecule has 5 nitrogen and oxygen atoms in total. The van der Waals surface area contributed by atoms with Crippen LogP contribution < -0.4 is 15.4 Å². The fourth-order valence-corrected chi connectivity index (χ4v) is 3.09. The van der Waals surface area contributed by atoms with E-state index in [1.54, 1.807) is 18.9 Å². The van der Waals surface area contributed by atoms with E-state index >= 15 is 0 Å². The molecule has 130 valence electrons. The van der Waals surface area contributed by atoms with Crippen LogP contribution in [0.3, 0.4) is 0 Å². The average Bonchev–Trinajstić information content (AvgIpc) is 2.65. The van der Waals surface area contributed by atoms with Crippen LogP contribution in [0.25, 0.3) is 0 Å². The zero-order valence-corrected chi connectivity index (χ0v) is 15.1. The second-order valence-corrected chi connectivity index (χ2v) is 6.52. The van der Waals surface area contributed by atoms with E-state index in [1.807, 2.05) is 55.5 Å². The lowest BCUT2D eigenvalue weighted by Gasteiger charge is -2.13. The van der Waals surface area contributed by atoms with Gasteiger partial charge in [-0.3, -0.25) is 0 Å². The molecule has 0 heterocycles. The number of urea groups is 1. The van der Waals surface area contributed by atoms with Crippen molar-refractivity contribution in [3.05, 3.63) is 54.1 Å². The molecule has 0 bridgehead atoms. The molecular formula is C19H21N3O2S. The van der Waals surface area contributed by atoms with Gasteiger partial charge < -0.3 is 15.4 Å². The van der Waals surface area contributed by atoms with Crippen LogP contribution >= 0.6 is 11.8 Å². The summed E-state index contributed by atoms with van der Waals surface area (Å²) >= 11 is 1.56. The van der Waals surface area contributed by atoms with Gasteiger partial charge in [0.05, 0.1) is 24.8 Å². The number of ether oxygens (including phenoxy) is 1. The van der Waals surface area contributed by atoms with E-state index in [0.29, 0.717) is 12.3 Å². The number of rotatable bonds is 7. The number of carbonyl (C=O) groups is 1. The van der Waals surface area contributed by atoms with Crippen LogP contribution in [0.5, 0.6) is 5.75 Å². The molecule has 25 heavy (non-hydrogen) atoms. The van der Waals surface area contributed by atoms with Crippen LogP contribution in [0.1, 0.15) is 12.5 Å². The van der Waals surface area contributed by atoms with Crippen LogP contribution in [0.15, 0.2) is 53.4 Å². The molecule has 2 N–H and O–H groups in total. The summed E-state index contributed by atoms with van der Waals surface area (Å²) in [7, 11) is 1.61. The number of anilines is 1. The fourth-order valence-electron chi connectivity index (χ4n) is 2.14. The lowest BCUT2D eigenvalue weighted by molar-refractivity contribution is 0.251. The maximum absolute atomic E-state index is 12.2. The van der Waals surface area contributed by atoms with Gasteiger partial charge in [0, 0.05) is 22.8 Å². The first-order valence-electron chi connectivity index (χ1n) is 7.92. The Bertz CT molecular complexity index is 758. The number of nitrogens with zero attached hydrogens (tertiary/aromatic N) is 1. The van der Waals surface area contributed by atoms with Gasteiger partial charge in [0.2, 0.25) is 0 Å². The van der Waals surface area contributed by atoms with E-state index in [4.69, 9.17) is 10.00 Å². The van der Waals surface area contributed by atoms with Crippen molar-refractivity contribution in [2.24, 2.45) is 5.92 Å². The predicted molar refractivity (Wildman–Crippen MR) is 101 cm³/mol. The van der Waals surface area contributed by atoms with Gasteiger partial charge in [-0.05, 0) is 25.1 Å². The molecule has 0 spiro atoms. The first-order chi connectivity index (χ1) is 12.1. The van der Waals surface area contributed by atoms with Crippen molar-refractivity contribution >= 4 is 23.5 Å². The van der Waals surface area contributed by atoms with Crippen molar-refractivity contribution in [2.75, 3.05) is 18.2 Å². The second-order valence-electron chi connectivity index (χ2n) is 5.46. The molecular weight excluding hydrogens is 334 g/mol. The Kier molecular flexibility index (Phi) is 7.17. The van der Waals surface area contributed by atoms with Crippen LogP contribution in [-0.2, 0) is 6.54 Å². The summed E-state index contributed by atoms with van der Waals surface area (Å²) in [6, 6.07) is 17.1. The topological polar surface area (TPSA) is 74.2 Å². The lowest BCUT2D eigenvalue weighted by atomic mass is 10.2. The number of carbonyl (C=O) groups excluding carboxylic acids is 1. The van der Waals surface area contributed by atoms with Gasteiger partial charge >= 0.3 is 6.03 Å². The van der Waals surface area contributed by atoms with Crippen LogP contribution in [0.2, 0.25) is 0 Å². The third-order valence-electron chi connectivity index (χ3n) is 3.48. The Balaban J connectivity index is 1.95. The number of hydrogen-bond donors (Lipinski definition) is 2. The summed E-state index contributed by atoms with van der Waals surface area (Å²) in [5, 5.41) is 14.6. The summed E-state index contributed by atoms with van der Waals surface area (Å²) in [5.74, 6) is 1.37. The van der Waals surface area contributed by atoms with Crippen LogP contribution in [0.4, 0.5) is 10.5 Å². The molecule has 0 aliphatic rings. The minimum Gasteiger partial charge on any atom is -0.496 e. The number of amides is 2. The van der Waals surface area contributed by atoms with Crippen molar-refractivity contribution in [3.8, 4) is 11.8 Å². The Hall–Kier alpha value is -2.65. The third-order valence-corrected chi connectivity index (χ3v) is 4.81. The quantitative estimate of drug-likeness (QED) is 0.728. The standard InChI is InChI=1S/C19H21N3O2S/c1-14(11-20)13-25-18-10-6-4-8-16(18)22-19(23)21-12-15-7-3-5-9-17(15)24-2/h3-10,14H,12-13H2,1-2H3,(H2,21,22,23). The molecule has 0 aliphatic carbocycles. The lowest BCUT2D eigenvalue weighted by Crippen LogP contribution is -2.28. The molecule has 2 amide bonds. The van der Waals surface area contributed by atoms with E-state index in [2.05, 4.69) is 16.7 Å². The fraction of sp³-hybridized carbons (Fsp3) is 0.263. The highest BCUT2D eigenvalue weighted by Gasteiger charge is 2.09. The molecule has 2 rings (SSSR count). The average molecular weight is 355 g/mol. The summed E-state index contributed by atoms with van der Waals surface area (Å²) in [5.41, 5.74) is 1.64. The Labute approximate surface area is 152 Å². The van der Waals surface area contributed by atoms with Crippen molar-refractivity contribution < 1.29 is 9.53 Å². The first kappa shape index (κ1) is 18.7. The zero-order chi connectivity index (χ0) is 18.1. The number of methoxy groups -OCH3 is 1. The van der Waals surface area contributed by atoms with E-state index in [9.17, 15) is 4.79 Å². The van der Waals surface area contributed by atoms with Crippen LogP contribution in [-0.4, -0.2) is 18.9 Å². The van der Waals surface area contributed by atoms with Gasteiger partial charge in [0.1, 0.15) is 5.75 Å². The van der Waals surface area contributed by atoms with Gasteiger partial charge in [-0.25, -0.2) is 4.79 Å². The van der Waals surface area contributed by atoms with Gasteiger partial charge in [-0.2, -0.15) is 5.26 Å². The second kappa shape index (κ2) is 9.60. The maximum atomic E-state index is 12.2. The Morgan fingerprint density at radius 3 is 2.72 bits per heavy atom. The smallest absolute Gasteiger partial charge is 0.319 e. The van der Waals surface area contributed by atoms with Crippen molar-refractivity contribution in [2.45, 2.75) is 18.4 Å². The van der Waals surface area contributed by atoms with Crippen molar-refractivity contribution in [1.82, 2.24) is 5.32 Å². The minimum atomic E-state index is -0.285. The largest absolute Gasteiger partial charge is 0.496 e. The van der Waals surface area contributed by atoms with Crippen molar-refractivity contribution in [1.29, 1.82) is 5.26 Å². The minimum absolute atomic E-state index is 0.0440. The van der Waals surface area contributed by atoms with E-state index in [1.165, 1.54) is 0 Å². The number of nitriles is 1. The van der Waals surface area contributed by atoms with E-state index in [-0.39, 0.29) is 11.9 Å². The highest BCUT2D eigenvalue weighted by molar-refractivity contribution is 7.99. The number of nitrogens with one attached hydrogen (secondary N) is 2. The SMILES string of the molecule is COc1ccccc1CNC(=O)Nc1ccccc1SCC(C)C#N. The first-order valence-corrected chi connectivity index (χ1v) is 8.90. The zero-order valence-electron chi connectivity index (χ0n) is 14.3. The molecule has 0 saturated heterocycles. The van der Waals surface area contributed by atoms with E-state index in [0.717, 1.165) is 21.9 Å². The summed E-state index contributed by atoms with van der Waals surface area (Å²) < 4.78 is 5.28. The summed E-state index contributed by atoms with van der Waals surface area (Å²) in [6.07, 6.45) is 0. The molecule has 1 atom stereocenters. The number of thioether (sulfide) groups is 1. The molecule has 2 aromatic rings. The summed E-state index contributed by atoms with van der Waals surface area (Å²) in [4.78, 5) is 13.1. The number of hydrogen-bond acceptors (Lipinski definition) is 4. The Morgan fingerprint density at radius 1 is 1.24 bits per heavy atom. The molecule has 0 radical (unpaired) electrons. The summed E-state index contributed by atoms with van der Waals surface area (Å²) in [6.45, 7) is 2.25. The highest BCUT2D eigenvalue weighted by atomic mass is 32.2. The highest BCUT2D eigenvalue weighted by Crippen LogP contribution is 2.28. The van der Waals surface area contributed by atoms with Gasteiger partial charge in [-0.1, -0.05) is 30.3 Å². The third kappa shape index (κ3) is 5.73. The normalized spacial score (nSPS) is 11.2. The molecule has 0 aliphatic heterocycles. The molecule has 1 unspecified atom stereocenters. The Morgan fingerprint density at radius 2 is 1.96 bits per heavy atom. The van der Waals surface area contributed by atoms with Crippen LogP contribution in [0, 0.1) is 17.2 Å². The van der Waals surface area contributed by atoms with Crippen molar-refractivity contribution in [3.63, 3.8) is 0 Å². The molecule has 6 heteroatoms. The van der Waals surface area contributed by atoms with Gasteiger partial charge in [-0.15, -0.1) is 11.8 Å². The molecule has 0 aromatic heterocycles. The monoisotopic (exact) mass is 355 g/mol. The van der Waals surface area contributed by atoms with E-state index < -0.39 is 0 Å². The molecule has 0 fully saturated rings. The number of benzene rings is 2. The maximum Gasteiger partial charge on any atom is 0.319 e.